The van der Waals surface area contributed by atoms with Gasteiger partial charge in [0.05, 0.1) is 6.54 Å². The number of aliphatic hydroxyl groups is 1. The van der Waals surface area contributed by atoms with Crippen LogP contribution in [0.1, 0.15) is 65.9 Å². The second-order valence-electron chi connectivity index (χ2n) is 11.0. The number of primary amides is 1. The zero-order valence-corrected chi connectivity index (χ0v) is 22.6. The number of halogens is 5. The first-order valence-electron chi connectivity index (χ1n) is 13.6. The molecular formula is C29H32F5N3O5. The second kappa shape index (κ2) is 12.3. The zero-order chi connectivity index (χ0) is 30.8. The van der Waals surface area contributed by atoms with Crippen LogP contribution in [0.4, 0.5) is 22.0 Å². The van der Waals surface area contributed by atoms with E-state index in [1.54, 1.807) is 6.07 Å². The molecule has 228 valence electrons. The molecule has 2 amide bonds. The molecular weight excluding hydrogens is 565 g/mol. The first-order valence-corrected chi connectivity index (χ1v) is 13.6. The maximum atomic E-state index is 14.3. The number of fused-ring (bicyclic) bond motifs is 2. The lowest BCUT2D eigenvalue weighted by Crippen LogP contribution is -2.48. The molecule has 42 heavy (non-hydrogen) atoms. The lowest BCUT2D eigenvalue weighted by molar-refractivity contribution is -0.192. The Hall–Kier alpha value is -3.58. The van der Waals surface area contributed by atoms with Crippen molar-refractivity contribution in [2.75, 3.05) is 13.1 Å². The van der Waals surface area contributed by atoms with E-state index < -0.39 is 41.2 Å². The summed E-state index contributed by atoms with van der Waals surface area (Å²) in [7, 11) is 0. The van der Waals surface area contributed by atoms with Gasteiger partial charge in [-0.2, -0.15) is 13.2 Å². The molecule has 2 atom stereocenters. The number of hydrogen-bond acceptors (Lipinski definition) is 5. The highest BCUT2D eigenvalue weighted by Gasteiger charge is 2.50. The number of aliphatic carboxylic acids is 1. The van der Waals surface area contributed by atoms with Gasteiger partial charge in [0.2, 0.25) is 5.91 Å². The van der Waals surface area contributed by atoms with Gasteiger partial charge in [0.25, 0.3) is 5.91 Å². The summed E-state index contributed by atoms with van der Waals surface area (Å²) in [5, 5.41) is 17.6. The maximum Gasteiger partial charge on any atom is 0.490 e. The Morgan fingerprint density at radius 2 is 1.55 bits per heavy atom. The van der Waals surface area contributed by atoms with E-state index in [0.717, 1.165) is 31.2 Å². The number of amides is 2. The number of carbonyl (C=O) groups is 3. The average Bonchev–Trinajstić information content (AvgIpc) is 3.64. The third kappa shape index (κ3) is 7.24. The first-order chi connectivity index (χ1) is 19.7. The number of carboxylic acids is 1. The Morgan fingerprint density at radius 3 is 2.05 bits per heavy atom. The van der Waals surface area contributed by atoms with Crippen LogP contribution in [0, 0.1) is 11.6 Å². The molecule has 2 aromatic carbocycles. The predicted octanol–water partition coefficient (Wildman–Crippen LogP) is 3.96. The molecule has 3 aliphatic rings. The van der Waals surface area contributed by atoms with Crippen molar-refractivity contribution < 1.29 is 46.5 Å². The molecule has 2 bridgehead atoms. The van der Waals surface area contributed by atoms with Gasteiger partial charge in [0.15, 0.2) is 0 Å². The number of benzene rings is 2. The van der Waals surface area contributed by atoms with Gasteiger partial charge in [-0.25, -0.2) is 13.6 Å². The fraction of sp³-hybridized carbons (Fsp3) is 0.483. The Balaban J connectivity index is 0.000000517. The van der Waals surface area contributed by atoms with Gasteiger partial charge < -0.3 is 20.8 Å². The molecule has 2 aromatic rings. The molecule has 2 unspecified atom stereocenters. The summed E-state index contributed by atoms with van der Waals surface area (Å²) >= 11 is 0. The fourth-order valence-corrected chi connectivity index (χ4v) is 5.85. The van der Waals surface area contributed by atoms with Crippen LogP contribution in [0.15, 0.2) is 42.5 Å². The zero-order valence-electron chi connectivity index (χ0n) is 22.6. The van der Waals surface area contributed by atoms with Gasteiger partial charge in [0.1, 0.15) is 17.2 Å². The van der Waals surface area contributed by atoms with Crippen molar-refractivity contribution in [1.29, 1.82) is 0 Å². The molecule has 2 aliphatic heterocycles. The van der Waals surface area contributed by atoms with E-state index in [9.17, 15) is 36.6 Å². The second-order valence-corrected chi connectivity index (χ2v) is 11.0. The molecule has 2 saturated heterocycles. The number of nitrogens with two attached hydrogens (primary N) is 1. The fourth-order valence-electron chi connectivity index (χ4n) is 5.85. The van der Waals surface area contributed by atoms with E-state index in [-0.39, 0.29) is 12.1 Å². The normalized spacial score (nSPS) is 22.6. The third-order valence-electron chi connectivity index (χ3n) is 8.22. The average molecular weight is 598 g/mol. The van der Waals surface area contributed by atoms with E-state index in [1.807, 2.05) is 18.2 Å². The van der Waals surface area contributed by atoms with Gasteiger partial charge in [-0.1, -0.05) is 18.2 Å². The molecule has 1 saturated carbocycles. The van der Waals surface area contributed by atoms with Crippen LogP contribution >= 0.6 is 0 Å². The van der Waals surface area contributed by atoms with Gasteiger partial charge in [0, 0.05) is 36.3 Å². The summed E-state index contributed by atoms with van der Waals surface area (Å²) in [6.45, 7) is 0.677. The summed E-state index contributed by atoms with van der Waals surface area (Å²) in [6, 6.07) is 11.9. The van der Waals surface area contributed by atoms with Gasteiger partial charge in [-0.3, -0.25) is 14.5 Å². The number of rotatable bonds is 8. The summed E-state index contributed by atoms with van der Waals surface area (Å²) < 4.78 is 60.4. The summed E-state index contributed by atoms with van der Waals surface area (Å²) in [4.78, 5) is 37.3. The predicted molar refractivity (Wildman–Crippen MR) is 140 cm³/mol. The number of hydrogen-bond donors (Lipinski definition) is 3. The molecule has 0 radical (unpaired) electrons. The molecule has 0 spiro atoms. The molecule has 8 nitrogen and oxygen atoms in total. The number of piperidine rings is 1. The van der Waals surface area contributed by atoms with Crippen molar-refractivity contribution in [1.82, 2.24) is 9.80 Å². The molecule has 5 rings (SSSR count). The molecule has 13 heteroatoms. The lowest BCUT2D eigenvalue weighted by Gasteiger charge is -2.40. The number of alkyl halides is 3. The van der Waals surface area contributed by atoms with Crippen molar-refractivity contribution in [2.45, 2.75) is 74.8 Å². The highest BCUT2D eigenvalue weighted by molar-refractivity contribution is 5.93. The Kier molecular flexibility index (Phi) is 9.21. The number of carbonyl (C=O) groups excluding carboxylic acids is 2. The van der Waals surface area contributed by atoms with Crippen LogP contribution in [-0.4, -0.2) is 74.7 Å². The standard InChI is InChI=1S/C27H31F2N3O3.C2HF3O2/c28-23-5-2-6-24(29)22(23)16-31(26(34)27(35)9-10-27)11-12-32-20-7-8-21(32)15-19(14-20)17-3-1-4-18(13-17)25(30)33;3-2(4,5)1(6)7/h1-6,13,19-21,35H,7-12,14-16H2,(H2,30,33);(H,6,7). The van der Waals surface area contributed by atoms with E-state index in [1.165, 1.54) is 23.1 Å². The summed E-state index contributed by atoms with van der Waals surface area (Å²) in [6.07, 6.45) is -0.337. The topological polar surface area (TPSA) is 124 Å². The lowest BCUT2D eigenvalue weighted by atomic mass is 9.84. The van der Waals surface area contributed by atoms with Crippen LogP contribution in [-0.2, 0) is 16.1 Å². The van der Waals surface area contributed by atoms with Crippen LogP contribution in [0.3, 0.4) is 0 Å². The van der Waals surface area contributed by atoms with Crippen LogP contribution in [0.2, 0.25) is 0 Å². The van der Waals surface area contributed by atoms with Crippen LogP contribution < -0.4 is 5.73 Å². The SMILES string of the molecule is NC(=O)c1cccc(C2CC3CCC(C2)N3CCN(Cc2c(F)cccc2F)C(=O)C2(O)CC2)c1.O=C(O)C(F)(F)F. The van der Waals surface area contributed by atoms with E-state index >= 15 is 0 Å². The van der Waals surface area contributed by atoms with Gasteiger partial charge in [-0.15, -0.1) is 0 Å². The smallest absolute Gasteiger partial charge is 0.475 e. The van der Waals surface area contributed by atoms with Gasteiger partial charge >= 0.3 is 12.1 Å². The quantitative estimate of drug-likeness (QED) is 0.396. The van der Waals surface area contributed by atoms with Crippen molar-refractivity contribution in [3.05, 3.63) is 70.8 Å². The van der Waals surface area contributed by atoms with E-state index in [0.29, 0.717) is 49.5 Å². The highest BCUT2D eigenvalue weighted by Crippen LogP contribution is 2.43. The Bertz CT molecular complexity index is 1300. The molecule has 2 heterocycles. The molecule has 0 aromatic heterocycles. The minimum atomic E-state index is -5.08. The van der Waals surface area contributed by atoms with Crippen LogP contribution in [0.5, 0.6) is 0 Å². The maximum absolute atomic E-state index is 14.3. The van der Waals surface area contributed by atoms with Crippen molar-refractivity contribution in [2.24, 2.45) is 5.73 Å². The van der Waals surface area contributed by atoms with E-state index in [2.05, 4.69) is 4.90 Å². The number of carboxylic acid groups (broad SMARTS) is 1. The largest absolute Gasteiger partial charge is 0.490 e. The van der Waals surface area contributed by atoms with Gasteiger partial charge in [-0.05, 0) is 74.3 Å². The monoisotopic (exact) mass is 597 g/mol. The first kappa shape index (κ1) is 31.4. The molecule has 4 N–H and O–H groups in total. The van der Waals surface area contributed by atoms with Crippen molar-refractivity contribution >= 4 is 17.8 Å². The minimum absolute atomic E-state index is 0.152. The minimum Gasteiger partial charge on any atom is -0.475 e. The number of nitrogens with zero attached hydrogens (tertiary/aromatic N) is 2. The Morgan fingerprint density at radius 1 is 1.00 bits per heavy atom. The Labute approximate surface area is 238 Å². The third-order valence-corrected chi connectivity index (χ3v) is 8.22. The molecule has 3 fully saturated rings. The van der Waals surface area contributed by atoms with Crippen LogP contribution in [0.25, 0.3) is 0 Å². The highest BCUT2D eigenvalue weighted by atomic mass is 19.4. The van der Waals surface area contributed by atoms with Crippen molar-refractivity contribution in [3.63, 3.8) is 0 Å². The molecule has 1 aliphatic carbocycles. The van der Waals surface area contributed by atoms with Crippen molar-refractivity contribution in [3.8, 4) is 0 Å². The summed E-state index contributed by atoms with van der Waals surface area (Å²) in [5.74, 6) is -4.69. The van der Waals surface area contributed by atoms with E-state index in [4.69, 9.17) is 15.6 Å². The summed E-state index contributed by atoms with van der Waals surface area (Å²) in [5.41, 5.74) is 5.55.